The van der Waals surface area contributed by atoms with E-state index in [2.05, 4.69) is 14.8 Å². The molecule has 2 rings (SSSR count). The average Bonchev–Trinajstić information content (AvgIpc) is 2.94. The molecule has 1 aromatic heterocycles. The second-order valence-electron chi connectivity index (χ2n) is 4.12. The Morgan fingerprint density at radius 1 is 1.53 bits per heavy atom. The fourth-order valence-electron chi connectivity index (χ4n) is 1.85. The average molecular weight is 257 g/mol. The van der Waals surface area contributed by atoms with Crippen LogP contribution in [-0.2, 0) is 16.0 Å². The van der Waals surface area contributed by atoms with Crippen molar-refractivity contribution in [1.29, 1.82) is 0 Å². The lowest BCUT2D eigenvalue weighted by Gasteiger charge is -2.10. The molecule has 0 aliphatic carbocycles. The molecule has 6 heteroatoms. The predicted molar refractivity (Wildman–Crippen MR) is 66.3 cm³/mol. The molecule has 1 saturated heterocycles. The van der Waals surface area contributed by atoms with Crippen molar-refractivity contribution in [2.24, 2.45) is 0 Å². The molecule has 5 nitrogen and oxygen atoms in total. The van der Waals surface area contributed by atoms with E-state index in [0.29, 0.717) is 12.7 Å². The van der Waals surface area contributed by atoms with Crippen LogP contribution in [0, 0.1) is 6.92 Å². The van der Waals surface area contributed by atoms with Crippen LogP contribution in [-0.4, -0.2) is 46.9 Å². The predicted octanol–water partition coefficient (Wildman–Crippen LogP) is 1.50. The number of ether oxygens (including phenoxy) is 2. The molecule has 1 fully saturated rings. The first-order chi connectivity index (χ1) is 8.31. The quantitative estimate of drug-likeness (QED) is 0.723. The maximum Gasteiger partial charge on any atom is 0.191 e. The van der Waals surface area contributed by atoms with Gasteiger partial charge in [-0.05, 0) is 19.8 Å². The molecule has 96 valence electrons. The minimum absolute atomic E-state index is 0.382. The molecule has 0 unspecified atom stereocenters. The van der Waals surface area contributed by atoms with Gasteiger partial charge in [-0.15, -0.1) is 10.2 Å². The van der Waals surface area contributed by atoms with E-state index in [-0.39, 0.29) is 0 Å². The van der Waals surface area contributed by atoms with E-state index < -0.39 is 0 Å². The standard InChI is InChI=1S/C11H19N3O2S/c1-9-12-13-11(14(9)5-7-15-2)17-8-10-4-3-6-16-10/h10H,3-8H2,1-2H3/t10-/m1/s1. The van der Waals surface area contributed by atoms with E-state index >= 15 is 0 Å². The van der Waals surface area contributed by atoms with Gasteiger partial charge < -0.3 is 14.0 Å². The summed E-state index contributed by atoms with van der Waals surface area (Å²) in [6.45, 7) is 4.37. The van der Waals surface area contributed by atoms with Crippen LogP contribution in [0.3, 0.4) is 0 Å². The van der Waals surface area contributed by atoms with Gasteiger partial charge in [0.1, 0.15) is 5.82 Å². The molecular weight excluding hydrogens is 238 g/mol. The first kappa shape index (κ1) is 12.9. The molecule has 0 radical (unpaired) electrons. The third-order valence-corrected chi connectivity index (χ3v) is 3.94. The summed E-state index contributed by atoms with van der Waals surface area (Å²) < 4.78 is 12.8. The number of rotatable bonds is 6. The van der Waals surface area contributed by atoms with Gasteiger partial charge in [-0.25, -0.2) is 0 Å². The summed E-state index contributed by atoms with van der Waals surface area (Å²) in [5.74, 6) is 1.90. The number of methoxy groups -OCH3 is 1. The summed E-state index contributed by atoms with van der Waals surface area (Å²) in [6, 6.07) is 0. The Labute approximate surface area is 106 Å². The molecule has 0 aromatic carbocycles. The van der Waals surface area contributed by atoms with Gasteiger partial charge in [0.05, 0.1) is 12.7 Å². The molecule has 0 saturated carbocycles. The maximum atomic E-state index is 5.60. The number of aryl methyl sites for hydroxylation is 1. The minimum Gasteiger partial charge on any atom is -0.383 e. The van der Waals surface area contributed by atoms with Gasteiger partial charge in [0.15, 0.2) is 5.16 Å². The highest BCUT2D eigenvalue weighted by Gasteiger charge is 2.17. The molecule has 0 N–H and O–H groups in total. The van der Waals surface area contributed by atoms with Crippen LogP contribution in [0.25, 0.3) is 0 Å². The van der Waals surface area contributed by atoms with Crippen molar-refractivity contribution in [3.8, 4) is 0 Å². The van der Waals surface area contributed by atoms with E-state index in [9.17, 15) is 0 Å². The minimum atomic E-state index is 0.382. The van der Waals surface area contributed by atoms with Crippen molar-refractivity contribution in [2.45, 2.75) is 37.6 Å². The summed E-state index contributed by atoms with van der Waals surface area (Å²) in [4.78, 5) is 0. The van der Waals surface area contributed by atoms with E-state index in [4.69, 9.17) is 9.47 Å². The van der Waals surface area contributed by atoms with Crippen molar-refractivity contribution in [3.05, 3.63) is 5.82 Å². The Kier molecular flexibility index (Phi) is 4.82. The normalized spacial score (nSPS) is 20.0. The highest BCUT2D eigenvalue weighted by atomic mass is 32.2. The topological polar surface area (TPSA) is 49.2 Å². The smallest absolute Gasteiger partial charge is 0.191 e. The summed E-state index contributed by atoms with van der Waals surface area (Å²) >= 11 is 1.72. The number of hydrogen-bond acceptors (Lipinski definition) is 5. The van der Waals surface area contributed by atoms with Gasteiger partial charge in [-0.2, -0.15) is 0 Å². The second kappa shape index (κ2) is 6.37. The summed E-state index contributed by atoms with van der Waals surface area (Å²) in [7, 11) is 1.71. The van der Waals surface area contributed by atoms with Gasteiger partial charge in [-0.1, -0.05) is 11.8 Å². The lowest BCUT2D eigenvalue weighted by molar-refractivity contribution is 0.129. The van der Waals surface area contributed by atoms with E-state index in [0.717, 1.165) is 36.3 Å². The first-order valence-corrected chi connectivity index (χ1v) is 6.93. The van der Waals surface area contributed by atoms with Crippen LogP contribution >= 0.6 is 11.8 Å². The molecular formula is C11H19N3O2S. The Bertz CT molecular complexity index is 350. The summed E-state index contributed by atoms with van der Waals surface area (Å²) in [5, 5.41) is 9.27. The van der Waals surface area contributed by atoms with Gasteiger partial charge in [-0.3, -0.25) is 0 Å². The van der Waals surface area contributed by atoms with Gasteiger partial charge in [0, 0.05) is 26.0 Å². The van der Waals surface area contributed by atoms with Crippen molar-refractivity contribution in [2.75, 3.05) is 26.1 Å². The zero-order chi connectivity index (χ0) is 12.1. The summed E-state index contributed by atoms with van der Waals surface area (Å²) in [6.07, 6.45) is 2.73. The Morgan fingerprint density at radius 3 is 3.12 bits per heavy atom. The Hall–Kier alpha value is -0.590. The Morgan fingerprint density at radius 2 is 2.41 bits per heavy atom. The highest BCUT2D eigenvalue weighted by molar-refractivity contribution is 7.99. The van der Waals surface area contributed by atoms with Crippen LogP contribution < -0.4 is 0 Å². The van der Waals surface area contributed by atoms with Gasteiger partial charge >= 0.3 is 0 Å². The largest absolute Gasteiger partial charge is 0.383 e. The third-order valence-electron chi connectivity index (χ3n) is 2.84. The molecule has 2 heterocycles. The fraction of sp³-hybridized carbons (Fsp3) is 0.818. The van der Waals surface area contributed by atoms with Crippen LogP contribution in [0.1, 0.15) is 18.7 Å². The third kappa shape index (κ3) is 3.43. The lowest BCUT2D eigenvalue weighted by atomic mass is 10.3. The molecule has 1 aliphatic rings. The van der Waals surface area contributed by atoms with Gasteiger partial charge in [0.2, 0.25) is 0 Å². The van der Waals surface area contributed by atoms with Crippen molar-refractivity contribution in [1.82, 2.24) is 14.8 Å². The monoisotopic (exact) mass is 257 g/mol. The fourth-order valence-corrected chi connectivity index (χ4v) is 2.93. The highest BCUT2D eigenvalue weighted by Crippen LogP contribution is 2.22. The van der Waals surface area contributed by atoms with E-state index in [1.54, 1.807) is 18.9 Å². The van der Waals surface area contributed by atoms with E-state index in [1.165, 1.54) is 6.42 Å². The molecule has 0 amide bonds. The van der Waals surface area contributed by atoms with Crippen molar-refractivity contribution < 1.29 is 9.47 Å². The molecule has 1 aliphatic heterocycles. The van der Waals surface area contributed by atoms with Crippen LogP contribution in [0.15, 0.2) is 5.16 Å². The molecule has 1 aromatic rings. The SMILES string of the molecule is COCCn1c(C)nnc1SC[C@H]1CCCO1. The zero-order valence-corrected chi connectivity index (χ0v) is 11.2. The van der Waals surface area contributed by atoms with Crippen molar-refractivity contribution in [3.63, 3.8) is 0 Å². The van der Waals surface area contributed by atoms with Crippen LogP contribution in [0.5, 0.6) is 0 Å². The van der Waals surface area contributed by atoms with Gasteiger partial charge in [0.25, 0.3) is 0 Å². The maximum absolute atomic E-state index is 5.60. The number of hydrogen-bond donors (Lipinski definition) is 0. The van der Waals surface area contributed by atoms with Crippen molar-refractivity contribution >= 4 is 11.8 Å². The zero-order valence-electron chi connectivity index (χ0n) is 10.4. The van der Waals surface area contributed by atoms with E-state index in [1.807, 2.05) is 6.92 Å². The number of aromatic nitrogens is 3. The van der Waals surface area contributed by atoms with Crippen LogP contribution in [0.2, 0.25) is 0 Å². The molecule has 17 heavy (non-hydrogen) atoms. The second-order valence-corrected chi connectivity index (χ2v) is 5.11. The number of nitrogens with zero attached hydrogens (tertiary/aromatic N) is 3. The molecule has 1 atom stereocenters. The summed E-state index contributed by atoms with van der Waals surface area (Å²) in [5.41, 5.74) is 0. The van der Waals surface area contributed by atoms with Crippen LogP contribution in [0.4, 0.5) is 0 Å². The Balaban J connectivity index is 1.90. The lowest BCUT2D eigenvalue weighted by Crippen LogP contribution is -2.11. The molecule has 0 bridgehead atoms. The number of thioether (sulfide) groups is 1. The first-order valence-electron chi connectivity index (χ1n) is 5.94. The molecule has 0 spiro atoms.